The molecule has 0 bridgehead atoms. The van der Waals surface area contributed by atoms with Crippen LogP contribution in [0.2, 0.25) is 0 Å². The van der Waals surface area contributed by atoms with Crippen molar-refractivity contribution in [2.45, 2.75) is 26.1 Å². The molecule has 0 aliphatic rings. The van der Waals surface area contributed by atoms with Crippen molar-refractivity contribution in [2.75, 3.05) is 7.11 Å². The van der Waals surface area contributed by atoms with E-state index in [0.717, 1.165) is 12.2 Å². The van der Waals surface area contributed by atoms with E-state index in [9.17, 15) is 0 Å². The van der Waals surface area contributed by atoms with Crippen LogP contribution in [-0.4, -0.2) is 17.8 Å². The molecule has 0 spiro atoms. The lowest BCUT2D eigenvalue weighted by molar-refractivity contribution is 0.104. The summed E-state index contributed by atoms with van der Waals surface area (Å²) in [4.78, 5) is 0. The van der Waals surface area contributed by atoms with Gasteiger partial charge in [-0.05, 0) is 24.4 Å². The van der Waals surface area contributed by atoms with E-state index in [2.05, 4.69) is 35.8 Å². The van der Waals surface area contributed by atoms with Crippen LogP contribution in [0.15, 0.2) is 30.3 Å². The molecule has 1 aromatic carbocycles. The summed E-state index contributed by atoms with van der Waals surface area (Å²) in [5.74, 6) is 0. The maximum Gasteiger partial charge on any atom is 0.0722 e. The lowest BCUT2D eigenvalue weighted by Crippen LogP contribution is -2.17. The Hall–Kier alpha value is -1.32. The number of fused-ring (bicyclic) bond motifs is 1. The summed E-state index contributed by atoms with van der Waals surface area (Å²) >= 11 is 0. The summed E-state index contributed by atoms with van der Waals surface area (Å²) in [5.41, 5.74) is 8.16. The number of nitrogens with two attached hydrogens (primary N) is 1. The van der Waals surface area contributed by atoms with Crippen molar-refractivity contribution in [3.8, 4) is 0 Å². The third kappa shape index (κ3) is 1.96. The first-order chi connectivity index (χ1) is 7.76. The third-order valence-corrected chi connectivity index (χ3v) is 2.95. The number of ether oxygens (including phenoxy) is 1. The second-order valence-corrected chi connectivity index (χ2v) is 4.06. The van der Waals surface area contributed by atoms with Gasteiger partial charge in [0.25, 0.3) is 0 Å². The molecule has 0 saturated heterocycles. The highest BCUT2D eigenvalue weighted by molar-refractivity contribution is 5.81. The largest absolute Gasteiger partial charge is 0.380 e. The molecule has 1 atom stereocenters. The molecule has 1 heterocycles. The van der Waals surface area contributed by atoms with Gasteiger partial charge in [0.2, 0.25) is 0 Å². The predicted molar refractivity (Wildman–Crippen MR) is 66.3 cm³/mol. The van der Waals surface area contributed by atoms with E-state index < -0.39 is 0 Å². The molecule has 0 aliphatic carbocycles. The topological polar surface area (TPSA) is 40.2 Å². The minimum Gasteiger partial charge on any atom is -0.380 e. The van der Waals surface area contributed by atoms with Gasteiger partial charge in [-0.3, -0.25) is 0 Å². The first-order valence-electron chi connectivity index (χ1n) is 5.56. The zero-order valence-electron chi connectivity index (χ0n) is 9.81. The van der Waals surface area contributed by atoms with Crippen molar-refractivity contribution >= 4 is 10.9 Å². The second kappa shape index (κ2) is 4.68. The quantitative estimate of drug-likeness (QED) is 0.854. The average molecular weight is 218 g/mol. The highest BCUT2D eigenvalue weighted by atomic mass is 16.5. The van der Waals surface area contributed by atoms with E-state index in [1.165, 1.54) is 10.9 Å². The van der Waals surface area contributed by atoms with Crippen molar-refractivity contribution < 1.29 is 4.74 Å². The summed E-state index contributed by atoms with van der Waals surface area (Å²) in [5, 5.41) is 1.24. The van der Waals surface area contributed by atoms with E-state index in [-0.39, 0.29) is 6.10 Å². The molecule has 1 unspecified atom stereocenters. The Morgan fingerprint density at radius 1 is 1.38 bits per heavy atom. The molecule has 0 saturated carbocycles. The number of benzene rings is 1. The van der Waals surface area contributed by atoms with Crippen LogP contribution in [0.4, 0.5) is 0 Å². The van der Waals surface area contributed by atoms with Gasteiger partial charge >= 0.3 is 0 Å². The SMILES string of the molecule is COC(C)Cn1c(CN)cc2ccccc21. The van der Waals surface area contributed by atoms with Gasteiger partial charge in [0.15, 0.2) is 0 Å². The Kier molecular flexibility index (Phi) is 3.27. The Balaban J connectivity index is 2.47. The number of rotatable bonds is 4. The van der Waals surface area contributed by atoms with E-state index in [4.69, 9.17) is 10.5 Å². The van der Waals surface area contributed by atoms with E-state index in [1.807, 2.05) is 6.07 Å². The van der Waals surface area contributed by atoms with Gasteiger partial charge < -0.3 is 15.0 Å². The molecule has 3 heteroatoms. The van der Waals surface area contributed by atoms with Gasteiger partial charge in [-0.1, -0.05) is 18.2 Å². The molecular formula is C13H18N2O. The van der Waals surface area contributed by atoms with Crippen LogP contribution in [0.3, 0.4) is 0 Å². The van der Waals surface area contributed by atoms with Crippen LogP contribution in [0.1, 0.15) is 12.6 Å². The molecule has 16 heavy (non-hydrogen) atoms. The Morgan fingerprint density at radius 2 is 2.12 bits per heavy atom. The Bertz CT molecular complexity index is 476. The predicted octanol–water partition coefficient (Wildman–Crippen LogP) is 2.13. The normalized spacial score (nSPS) is 13.2. The Morgan fingerprint density at radius 3 is 2.81 bits per heavy atom. The van der Waals surface area contributed by atoms with Gasteiger partial charge in [0, 0.05) is 31.4 Å². The lowest BCUT2D eigenvalue weighted by Gasteiger charge is -2.14. The zero-order valence-corrected chi connectivity index (χ0v) is 9.81. The van der Waals surface area contributed by atoms with Crippen LogP contribution < -0.4 is 5.73 Å². The summed E-state index contributed by atoms with van der Waals surface area (Å²) in [6, 6.07) is 10.5. The third-order valence-electron chi connectivity index (χ3n) is 2.95. The first-order valence-corrected chi connectivity index (χ1v) is 5.56. The van der Waals surface area contributed by atoms with Crippen molar-refractivity contribution in [2.24, 2.45) is 5.73 Å². The van der Waals surface area contributed by atoms with Gasteiger partial charge in [0.05, 0.1) is 6.10 Å². The number of nitrogens with zero attached hydrogens (tertiary/aromatic N) is 1. The summed E-state index contributed by atoms with van der Waals surface area (Å²) in [6.07, 6.45) is 0.195. The smallest absolute Gasteiger partial charge is 0.0722 e. The molecule has 1 aromatic heterocycles. The monoisotopic (exact) mass is 218 g/mol. The minimum absolute atomic E-state index is 0.195. The molecule has 0 aliphatic heterocycles. The van der Waals surface area contributed by atoms with Crippen LogP contribution in [-0.2, 0) is 17.8 Å². The lowest BCUT2D eigenvalue weighted by atomic mass is 10.2. The molecule has 3 nitrogen and oxygen atoms in total. The fourth-order valence-corrected chi connectivity index (χ4v) is 1.98. The maximum atomic E-state index is 5.77. The van der Waals surface area contributed by atoms with Gasteiger partial charge in [-0.15, -0.1) is 0 Å². The summed E-state index contributed by atoms with van der Waals surface area (Å²) in [6.45, 7) is 3.47. The maximum absolute atomic E-state index is 5.77. The average Bonchev–Trinajstić information content (AvgIpc) is 2.67. The first kappa shape index (κ1) is 11.2. The van der Waals surface area contributed by atoms with E-state index in [1.54, 1.807) is 7.11 Å². The number of hydrogen-bond donors (Lipinski definition) is 1. The van der Waals surface area contributed by atoms with Gasteiger partial charge in [-0.25, -0.2) is 0 Å². The molecule has 2 N–H and O–H groups in total. The zero-order chi connectivity index (χ0) is 11.5. The molecule has 0 radical (unpaired) electrons. The molecule has 86 valence electrons. The molecular weight excluding hydrogens is 200 g/mol. The fraction of sp³-hybridized carbons (Fsp3) is 0.385. The Labute approximate surface area is 95.8 Å². The van der Waals surface area contributed by atoms with Crippen LogP contribution >= 0.6 is 0 Å². The van der Waals surface area contributed by atoms with Crippen LogP contribution in [0.25, 0.3) is 10.9 Å². The molecule has 0 fully saturated rings. The second-order valence-electron chi connectivity index (χ2n) is 4.06. The van der Waals surface area contributed by atoms with Gasteiger partial charge in [-0.2, -0.15) is 0 Å². The number of para-hydroxylation sites is 1. The molecule has 0 amide bonds. The molecule has 2 rings (SSSR count). The molecule has 2 aromatic rings. The van der Waals surface area contributed by atoms with E-state index in [0.29, 0.717) is 6.54 Å². The highest BCUT2D eigenvalue weighted by Crippen LogP contribution is 2.20. The number of hydrogen-bond acceptors (Lipinski definition) is 2. The number of aromatic nitrogens is 1. The van der Waals surface area contributed by atoms with Crippen LogP contribution in [0.5, 0.6) is 0 Å². The summed E-state index contributed by atoms with van der Waals surface area (Å²) in [7, 11) is 1.73. The minimum atomic E-state index is 0.195. The standard InChI is InChI=1S/C13H18N2O/c1-10(16-2)9-15-12(8-14)7-11-5-3-4-6-13(11)15/h3-7,10H,8-9,14H2,1-2H3. The van der Waals surface area contributed by atoms with Gasteiger partial charge in [0.1, 0.15) is 0 Å². The van der Waals surface area contributed by atoms with Crippen molar-refractivity contribution in [3.05, 3.63) is 36.0 Å². The highest BCUT2D eigenvalue weighted by Gasteiger charge is 2.09. The summed E-state index contributed by atoms with van der Waals surface area (Å²) < 4.78 is 7.55. The number of methoxy groups -OCH3 is 1. The fourth-order valence-electron chi connectivity index (χ4n) is 1.98. The van der Waals surface area contributed by atoms with Crippen molar-refractivity contribution in [1.29, 1.82) is 0 Å². The van der Waals surface area contributed by atoms with Crippen molar-refractivity contribution in [1.82, 2.24) is 4.57 Å². The van der Waals surface area contributed by atoms with Crippen molar-refractivity contribution in [3.63, 3.8) is 0 Å². The van der Waals surface area contributed by atoms with E-state index >= 15 is 0 Å². The van der Waals surface area contributed by atoms with Crippen LogP contribution in [0, 0.1) is 0 Å².